The van der Waals surface area contributed by atoms with Crippen LogP contribution >= 0.6 is 0 Å². The quantitative estimate of drug-likeness (QED) is 0.160. The number of rotatable bonds is 7. The van der Waals surface area contributed by atoms with E-state index in [2.05, 4.69) is 245 Å². The largest absolute Gasteiger partial charge is 0.456 e. The fourth-order valence-corrected chi connectivity index (χ4v) is 11.1. The Balaban J connectivity index is 1.09. The zero-order valence-electron chi connectivity index (χ0n) is 35.7. The van der Waals surface area contributed by atoms with Crippen LogP contribution in [0.1, 0.15) is 29.5 Å². The van der Waals surface area contributed by atoms with Crippen LogP contribution in [0.4, 0.5) is 45.5 Å². The Morgan fingerprint density at radius 3 is 1.72 bits per heavy atom. The lowest BCUT2D eigenvalue weighted by Gasteiger charge is -2.47. The smallest absolute Gasteiger partial charge is 0.137 e. The molecule has 9 aromatic carbocycles. The standard InChI is InChI=1S/C61H43N3O/c1-5-21-42(22-6-1)62(43-23-7-2-8-24-43)57-40-50-48-30-14-20-36-59(48)65-60(50)41-58(57)63(44-25-9-3-10-26-44)46-37-38-52-49(39-46)47-29-13-15-31-51(47)61(52)53-32-16-18-34-55(53)64(45-27-11-4-12-28-45)56-35-19-17-33-54(56)61/h1-18,20-34,36-41H,19,35H2. The number of hydrogen-bond donors (Lipinski definition) is 0. The van der Waals surface area contributed by atoms with Crippen LogP contribution < -0.4 is 14.7 Å². The molecule has 65 heavy (non-hydrogen) atoms. The van der Waals surface area contributed by atoms with Crippen LogP contribution in [-0.2, 0) is 5.41 Å². The number of nitrogens with zero attached hydrogens (tertiary/aromatic N) is 3. The van der Waals surface area contributed by atoms with Gasteiger partial charge < -0.3 is 19.1 Å². The number of allylic oxidation sites excluding steroid dienone is 4. The Morgan fingerprint density at radius 2 is 1.00 bits per heavy atom. The van der Waals surface area contributed by atoms with Crippen molar-refractivity contribution in [2.45, 2.75) is 18.3 Å². The van der Waals surface area contributed by atoms with Gasteiger partial charge in [-0.15, -0.1) is 0 Å². The molecular weight excluding hydrogens is 791 g/mol. The topological polar surface area (TPSA) is 22.9 Å². The molecule has 0 bridgehead atoms. The van der Waals surface area contributed by atoms with Gasteiger partial charge in [-0.05, 0) is 125 Å². The highest BCUT2D eigenvalue weighted by atomic mass is 16.3. The molecule has 0 amide bonds. The van der Waals surface area contributed by atoms with E-state index in [0.29, 0.717) is 0 Å². The molecule has 0 radical (unpaired) electrons. The van der Waals surface area contributed by atoms with Gasteiger partial charge in [-0.25, -0.2) is 0 Å². The second-order valence-electron chi connectivity index (χ2n) is 17.1. The van der Waals surface area contributed by atoms with E-state index < -0.39 is 5.41 Å². The highest BCUT2D eigenvalue weighted by Gasteiger charge is 2.52. The SMILES string of the molecule is C1=CC2=C(CC1)N(c1ccccc1)c1ccccc1C21c2ccccc2-c2cc(N(c3ccccc3)c3cc4oc5ccccc5c4cc3N(c3ccccc3)c3ccccc3)ccc21. The summed E-state index contributed by atoms with van der Waals surface area (Å²) in [5, 5.41) is 2.16. The highest BCUT2D eigenvalue weighted by molar-refractivity contribution is 6.10. The molecule has 1 spiro atoms. The first-order valence-corrected chi connectivity index (χ1v) is 22.6. The van der Waals surface area contributed by atoms with Gasteiger partial charge in [0.1, 0.15) is 11.2 Å². The highest BCUT2D eigenvalue weighted by Crippen LogP contribution is 2.63. The van der Waals surface area contributed by atoms with Crippen LogP contribution in [0.25, 0.3) is 33.1 Å². The second-order valence-corrected chi connectivity index (χ2v) is 17.1. The van der Waals surface area contributed by atoms with Crippen molar-refractivity contribution in [3.63, 3.8) is 0 Å². The summed E-state index contributed by atoms with van der Waals surface area (Å²) in [6.45, 7) is 0. The second kappa shape index (κ2) is 14.9. The minimum atomic E-state index is -0.508. The van der Waals surface area contributed by atoms with Crippen molar-refractivity contribution in [2.75, 3.05) is 14.7 Å². The third kappa shape index (κ3) is 5.63. The molecule has 4 heteroatoms. The van der Waals surface area contributed by atoms with Gasteiger partial charge in [0.2, 0.25) is 0 Å². The lowest BCUT2D eigenvalue weighted by atomic mass is 9.63. The van der Waals surface area contributed by atoms with Crippen molar-refractivity contribution in [3.05, 3.63) is 265 Å². The molecule has 1 unspecified atom stereocenters. The van der Waals surface area contributed by atoms with E-state index in [0.717, 1.165) is 68.9 Å². The summed E-state index contributed by atoms with van der Waals surface area (Å²) in [5.41, 5.74) is 19.0. The molecule has 3 aliphatic rings. The summed E-state index contributed by atoms with van der Waals surface area (Å²) in [7, 11) is 0. The maximum atomic E-state index is 6.72. The van der Waals surface area contributed by atoms with E-state index in [1.807, 2.05) is 6.07 Å². The first-order valence-electron chi connectivity index (χ1n) is 22.6. The molecule has 10 aromatic rings. The van der Waals surface area contributed by atoms with Crippen LogP contribution in [0.3, 0.4) is 0 Å². The molecule has 4 nitrogen and oxygen atoms in total. The fourth-order valence-electron chi connectivity index (χ4n) is 11.1. The maximum absolute atomic E-state index is 6.72. The van der Waals surface area contributed by atoms with Crippen molar-refractivity contribution < 1.29 is 4.42 Å². The molecule has 0 fully saturated rings. The molecular formula is C61H43N3O. The monoisotopic (exact) mass is 833 g/mol. The summed E-state index contributed by atoms with van der Waals surface area (Å²) in [5.74, 6) is 0. The number of hydrogen-bond acceptors (Lipinski definition) is 4. The summed E-state index contributed by atoms with van der Waals surface area (Å²) >= 11 is 0. The molecule has 308 valence electrons. The van der Waals surface area contributed by atoms with Gasteiger partial charge in [-0.3, -0.25) is 0 Å². The number of anilines is 8. The summed E-state index contributed by atoms with van der Waals surface area (Å²) in [6, 6.07) is 81.4. The minimum Gasteiger partial charge on any atom is -0.456 e. The van der Waals surface area contributed by atoms with Crippen molar-refractivity contribution in [3.8, 4) is 11.1 Å². The van der Waals surface area contributed by atoms with Crippen LogP contribution in [0, 0.1) is 0 Å². The predicted molar refractivity (Wildman–Crippen MR) is 269 cm³/mol. The lowest BCUT2D eigenvalue weighted by molar-refractivity contribution is 0.669. The van der Waals surface area contributed by atoms with Gasteiger partial charge in [-0.1, -0.05) is 152 Å². The lowest BCUT2D eigenvalue weighted by Crippen LogP contribution is -2.39. The number of furan rings is 1. The molecule has 13 rings (SSSR count). The molecule has 1 atom stereocenters. The number of fused-ring (bicyclic) bond motifs is 11. The number of para-hydroxylation sites is 6. The molecule has 1 aliphatic heterocycles. The minimum absolute atomic E-state index is 0.508. The number of benzene rings is 9. The van der Waals surface area contributed by atoms with Gasteiger partial charge in [0.25, 0.3) is 0 Å². The Morgan fingerprint density at radius 1 is 0.431 bits per heavy atom. The zero-order chi connectivity index (χ0) is 42.9. The van der Waals surface area contributed by atoms with E-state index in [9.17, 15) is 0 Å². The van der Waals surface area contributed by atoms with Crippen LogP contribution in [0.15, 0.2) is 252 Å². The van der Waals surface area contributed by atoms with E-state index >= 15 is 0 Å². The van der Waals surface area contributed by atoms with Crippen molar-refractivity contribution in [1.82, 2.24) is 0 Å². The molecule has 0 N–H and O–H groups in total. The van der Waals surface area contributed by atoms with E-state index in [1.54, 1.807) is 0 Å². The van der Waals surface area contributed by atoms with Crippen molar-refractivity contribution in [2.24, 2.45) is 0 Å². The third-order valence-electron chi connectivity index (χ3n) is 13.7. The summed E-state index contributed by atoms with van der Waals surface area (Å²) < 4.78 is 6.72. The van der Waals surface area contributed by atoms with E-state index in [-0.39, 0.29) is 0 Å². The van der Waals surface area contributed by atoms with Crippen molar-refractivity contribution in [1.29, 1.82) is 0 Å². The van der Waals surface area contributed by atoms with Crippen molar-refractivity contribution >= 4 is 67.4 Å². The first-order chi connectivity index (χ1) is 32.3. The molecule has 2 aliphatic carbocycles. The maximum Gasteiger partial charge on any atom is 0.137 e. The molecule has 1 aromatic heterocycles. The van der Waals surface area contributed by atoms with Gasteiger partial charge in [0.15, 0.2) is 0 Å². The van der Waals surface area contributed by atoms with E-state index in [4.69, 9.17) is 4.42 Å². The predicted octanol–water partition coefficient (Wildman–Crippen LogP) is 16.6. The normalized spacial score (nSPS) is 15.8. The van der Waals surface area contributed by atoms with Gasteiger partial charge in [-0.2, -0.15) is 0 Å². The molecule has 2 heterocycles. The zero-order valence-corrected chi connectivity index (χ0v) is 35.7. The Bertz CT molecular complexity index is 3460. The fraction of sp³-hybridized carbons (Fsp3) is 0.0492. The summed E-state index contributed by atoms with van der Waals surface area (Å²) in [6.07, 6.45) is 6.77. The Kier molecular flexibility index (Phi) is 8.53. The van der Waals surface area contributed by atoms with E-state index in [1.165, 1.54) is 50.5 Å². The molecule has 0 saturated heterocycles. The third-order valence-corrected chi connectivity index (χ3v) is 13.7. The van der Waals surface area contributed by atoms with Crippen LogP contribution in [0.5, 0.6) is 0 Å². The van der Waals surface area contributed by atoms with Gasteiger partial charge in [0, 0.05) is 51.0 Å². The summed E-state index contributed by atoms with van der Waals surface area (Å²) in [4.78, 5) is 7.32. The van der Waals surface area contributed by atoms with Gasteiger partial charge in [0.05, 0.1) is 22.5 Å². The Hall–Kier alpha value is -8.34. The first kappa shape index (κ1) is 37.2. The molecule has 0 saturated carbocycles. The Labute approximate surface area is 378 Å². The van der Waals surface area contributed by atoms with Gasteiger partial charge >= 0.3 is 0 Å². The average molecular weight is 834 g/mol. The van der Waals surface area contributed by atoms with Crippen LogP contribution in [-0.4, -0.2) is 0 Å². The average Bonchev–Trinajstić information content (AvgIpc) is 3.88. The van der Waals surface area contributed by atoms with Crippen LogP contribution in [0.2, 0.25) is 0 Å².